The first-order valence-corrected chi connectivity index (χ1v) is 7.50. The Bertz CT molecular complexity index is 358. The Kier molecular flexibility index (Phi) is 5.01. The van der Waals surface area contributed by atoms with Gasteiger partial charge in [0.1, 0.15) is 0 Å². The fourth-order valence-corrected chi connectivity index (χ4v) is 2.75. The minimum atomic E-state index is 0.0898. The monoisotopic (exact) mass is 267 g/mol. The van der Waals surface area contributed by atoms with Crippen LogP contribution in [0, 0.1) is 0 Å². The third-order valence-electron chi connectivity index (χ3n) is 3.17. The van der Waals surface area contributed by atoms with Crippen LogP contribution in [-0.4, -0.2) is 48.6 Å². The molecule has 1 aromatic rings. The van der Waals surface area contributed by atoms with Crippen molar-refractivity contribution in [3.05, 3.63) is 22.4 Å². The Labute approximate surface area is 113 Å². The van der Waals surface area contributed by atoms with Crippen molar-refractivity contribution in [2.45, 2.75) is 19.9 Å². The number of nitrogens with zero attached hydrogens (tertiary/aromatic N) is 2. The largest absolute Gasteiger partial charge is 0.338 e. The normalized spacial score (nSPS) is 16.8. The number of nitrogens with one attached hydrogen (secondary N) is 1. The number of piperazine rings is 1. The standard InChI is InChI=1S/C13H21N3OS/c1-2-4-14-13(17)16-7-5-15(6-8-16)10-12-3-9-18-11-12/h3,9,11H,2,4-8,10H2,1H3,(H,14,17). The summed E-state index contributed by atoms with van der Waals surface area (Å²) in [5.74, 6) is 0. The Morgan fingerprint density at radius 3 is 2.78 bits per heavy atom. The van der Waals surface area contributed by atoms with Gasteiger partial charge in [-0.15, -0.1) is 0 Å². The predicted octanol–water partition coefficient (Wildman–Crippen LogP) is 1.99. The summed E-state index contributed by atoms with van der Waals surface area (Å²) in [6.07, 6.45) is 0.990. The quantitative estimate of drug-likeness (QED) is 0.905. The molecule has 0 radical (unpaired) electrons. The number of urea groups is 1. The Hall–Kier alpha value is -1.07. The molecule has 2 amide bonds. The molecule has 2 heterocycles. The number of rotatable bonds is 4. The molecular weight excluding hydrogens is 246 g/mol. The first-order chi connectivity index (χ1) is 8.79. The van der Waals surface area contributed by atoms with Crippen LogP contribution >= 0.6 is 11.3 Å². The number of hydrogen-bond donors (Lipinski definition) is 1. The molecule has 1 saturated heterocycles. The summed E-state index contributed by atoms with van der Waals surface area (Å²) in [6, 6.07) is 2.26. The molecule has 18 heavy (non-hydrogen) atoms. The van der Waals surface area contributed by atoms with Crippen molar-refractivity contribution in [3.8, 4) is 0 Å². The Morgan fingerprint density at radius 2 is 2.17 bits per heavy atom. The fraction of sp³-hybridized carbons (Fsp3) is 0.615. The van der Waals surface area contributed by atoms with Gasteiger partial charge in [0.15, 0.2) is 0 Å². The molecule has 0 spiro atoms. The number of carbonyl (C=O) groups excluding carboxylic acids is 1. The molecule has 0 aromatic carbocycles. The topological polar surface area (TPSA) is 35.6 Å². The zero-order valence-corrected chi connectivity index (χ0v) is 11.7. The highest BCUT2D eigenvalue weighted by Gasteiger charge is 2.20. The molecule has 1 aliphatic rings. The van der Waals surface area contributed by atoms with Crippen molar-refractivity contribution in [2.75, 3.05) is 32.7 Å². The van der Waals surface area contributed by atoms with Crippen LogP contribution in [0.2, 0.25) is 0 Å². The third kappa shape index (κ3) is 3.71. The maximum Gasteiger partial charge on any atom is 0.317 e. The van der Waals surface area contributed by atoms with Gasteiger partial charge in [-0.3, -0.25) is 4.90 Å². The summed E-state index contributed by atoms with van der Waals surface area (Å²) < 4.78 is 0. The molecule has 0 bridgehead atoms. The van der Waals surface area contributed by atoms with Crippen LogP contribution in [0.15, 0.2) is 16.8 Å². The van der Waals surface area contributed by atoms with Gasteiger partial charge in [-0.1, -0.05) is 6.92 Å². The molecule has 0 unspecified atom stereocenters. The highest BCUT2D eigenvalue weighted by Crippen LogP contribution is 2.11. The first kappa shape index (κ1) is 13.4. The molecule has 4 nitrogen and oxygen atoms in total. The van der Waals surface area contributed by atoms with E-state index in [0.717, 1.165) is 45.7 Å². The van der Waals surface area contributed by atoms with Crippen LogP contribution in [0.4, 0.5) is 4.79 Å². The van der Waals surface area contributed by atoms with Crippen molar-refractivity contribution in [2.24, 2.45) is 0 Å². The molecule has 1 N–H and O–H groups in total. The van der Waals surface area contributed by atoms with Crippen molar-refractivity contribution in [1.29, 1.82) is 0 Å². The summed E-state index contributed by atoms with van der Waals surface area (Å²) in [5, 5.41) is 7.24. The molecule has 0 aliphatic carbocycles. The molecular formula is C13H21N3OS. The van der Waals surface area contributed by atoms with Crippen LogP contribution in [-0.2, 0) is 6.54 Å². The molecule has 1 aromatic heterocycles. The Morgan fingerprint density at radius 1 is 1.39 bits per heavy atom. The smallest absolute Gasteiger partial charge is 0.317 e. The van der Waals surface area contributed by atoms with E-state index in [-0.39, 0.29) is 6.03 Å². The van der Waals surface area contributed by atoms with Crippen LogP contribution in [0.3, 0.4) is 0 Å². The maximum atomic E-state index is 11.8. The van der Waals surface area contributed by atoms with Gasteiger partial charge in [0.2, 0.25) is 0 Å². The van der Waals surface area contributed by atoms with Crippen molar-refractivity contribution in [3.63, 3.8) is 0 Å². The lowest BCUT2D eigenvalue weighted by Gasteiger charge is -2.34. The van der Waals surface area contributed by atoms with Crippen molar-refractivity contribution < 1.29 is 4.79 Å². The predicted molar refractivity (Wildman–Crippen MR) is 74.9 cm³/mol. The van der Waals surface area contributed by atoms with Gasteiger partial charge in [0, 0.05) is 39.3 Å². The van der Waals surface area contributed by atoms with Crippen LogP contribution in [0.1, 0.15) is 18.9 Å². The number of thiophene rings is 1. The summed E-state index contributed by atoms with van der Waals surface area (Å²) in [6.45, 7) is 7.45. The van der Waals surface area contributed by atoms with Crippen LogP contribution in [0.5, 0.6) is 0 Å². The van der Waals surface area contributed by atoms with E-state index in [4.69, 9.17) is 0 Å². The molecule has 5 heteroatoms. The van der Waals surface area contributed by atoms with E-state index in [1.807, 2.05) is 4.90 Å². The molecule has 1 fully saturated rings. The number of hydrogen-bond acceptors (Lipinski definition) is 3. The minimum absolute atomic E-state index is 0.0898. The number of carbonyl (C=O) groups is 1. The van der Waals surface area contributed by atoms with Crippen molar-refractivity contribution >= 4 is 17.4 Å². The molecule has 0 saturated carbocycles. The maximum absolute atomic E-state index is 11.8. The SMILES string of the molecule is CCCNC(=O)N1CCN(Cc2ccsc2)CC1. The lowest BCUT2D eigenvalue weighted by atomic mass is 10.2. The second-order valence-electron chi connectivity index (χ2n) is 4.63. The summed E-state index contributed by atoms with van der Waals surface area (Å²) >= 11 is 1.74. The molecule has 1 aliphatic heterocycles. The summed E-state index contributed by atoms with van der Waals surface area (Å²) in [7, 11) is 0. The second kappa shape index (κ2) is 6.75. The summed E-state index contributed by atoms with van der Waals surface area (Å²) in [5.41, 5.74) is 1.38. The fourth-order valence-electron chi connectivity index (χ4n) is 2.09. The molecule has 2 rings (SSSR count). The molecule has 100 valence electrons. The zero-order chi connectivity index (χ0) is 12.8. The van der Waals surface area contributed by atoms with Gasteiger partial charge in [0.05, 0.1) is 0 Å². The van der Waals surface area contributed by atoms with Gasteiger partial charge >= 0.3 is 6.03 Å². The van der Waals surface area contributed by atoms with E-state index in [2.05, 4.69) is 34.0 Å². The average molecular weight is 267 g/mol. The van der Waals surface area contributed by atoms with Crippen molar-refractivity contribution in [1.82, 2.24) is 15.1 Å². The first-order valence-electron chi connectivity index (χ1n) is 6.56. The van der Waals surface area contributed by atoms with Crippen LogP contribution < -0.4 is 5.32 Å². The summed E-state index contributed by atoms with van der Waals surface area (Å²) in [4.78, 5) is 16.1. The zero-order valence-electron chi connectivity index (χ0n) is 10.9. The average Bonchev–Trinajstić information content (AvgIpc) is 2.89. The number of amides is 2. The molecule has 0 atom stereocenters. The second-order valence-corrected chi connectivity index (χ2v) is 5.41. The lowest BCUT2D eigenvalue weighted by molar-refractivity contribution is 0.135. The minimum Gasteiger partial charge on any atom is -0.338 e. The van der Waals surface area contributed by atoms with Crippen LogP contribution in [0.25, 0.3) is 0 Å². The Balaban J connectivity index is 1.72. The third-order valence-corrected chi connectivity index (χ3v) is 3.90. The van der Waals surface area contributed by atoms with Gasteiger partial charge in [-0.2, -0.15) is 11.3 Å². The van der Waals surface area contributed by atoms with E-state index in [1.165, 1.54) is 5.56 Å². The van der Waals surface area contributed by atoms with E-state index in [9.17, 15) is 4.79 Å². The van der Waals surface area contributed by atoms with E-state index in [1.54, 1.807) is 11.3 Å². The van der Waals surface area contributed by atoms with E-state index >= 15 is 0 Å². The van der Waals surface area contributed by atoms with Gasteiger partial charge in [-0.25, -0.2) is 4.79 Å². The van der Waals surface area contributed by atoms with E-state index < -0.39 is 0 Å². The lowest BCUT2D eigenvalue weighted by Crippen LogP contribution is -2.51. The van der Waals surface area contributed by atoms with E-state index in [0.29, 0.717) is 0 Å². The van der Waals surface area contributed by atoms with Gasteiger partial charge < -0.3 is 10.2 Å². The highest BCUT2D eigenvalue weighted by molar-refractivity contribution is 7.07. The van der Waals surface area contributed by atoms with Gasteiger partial charge in [0.25, 0.3) is 0 Å². The highest BCUT2D eigenvalue weighted by atomic mass is 32.1. The van der Waals surface area contributed by atoms with Gasteiger partial charge in [-0.05, 0) is 28.8 Å².